The number of rotatable bonds is 2. The number of hydrogen-bond acceptors (Lipinski definition) is 4. The van der Waals surface area contributed by atoms with Crippen molar-refractivity contribution in [2.75, 3.05) is 19.3 Å². The highest BCUT2D eigenvalue weighted by molar-refractivity contribution is 7.91. The number of fused-ring (bicyclic) bond motifs is 1. The monoisotopic (exact) mass is 328 g/mol. The van der Waals surface area contributed by atoms with Crippen molar-refractivity contribution in [3.63, 3.8) is 0 Å². The molecule has 0 aromatic heterocycles. The molecule has 0 spiro atoms. The van der Waals surface area contributed by atoms with Crippen LogP contribution in [-0.4, -0.2) is 44.6 Å². The number of nitrogens with zero attached hydrogens (tertiary/aromatic N) is 1. The third kappa shape index (κ3) is 2.56. The highest BCUT2D eigenvalue weighted by Gasteiger charge is 2.40. The quantitative estimate of drug-likeness (QED) is 0.890. The summed E-state index contributed by atoms with van der Waals surface area (Å²) in [6.07, 6.45) is 1.76. The van der Waals surface area contributed by atoms with Gasteiger partial charge in [0, 0.05) is 12.1 Å². The van der Waals surface area contributed by atoms with E-state index in [4.69, 9.17) is 11.6 Å². The molecule has 0 bridgehead atoms. The first-order valence-electron chi connectivity index (χ1n) is 6.92. The lowest BCUT2D eigenvalue weighted by Gasteiger charge is -2.27. The molecule has 2 aliphatic heterocycles. The summed E-state index contributed by atoms with van der Waals surface area (Å²) in [4.78, 5) is 14.3. The molecule has 2 unspecified atom stereocenters. The minimum atomic E-state index is -3.35. The van der Waals surface area contributed by atoms with Gasteiger partial charge in [-0.15, -0.1) is 0 Å². The van der Waals surface area contributed by atoms with Crippen LogP contribution in [0.1, 0.15) is 24.4 Å². The molecule has 1 saturated heterocycles. The normalized spacial score (nSPS) is 26.6. The summed E-state index contributed by atoms with van der Waals surface area (Å²) in [5.74, 6) is -0.127. The third-order valence-electron chi connectivity index (χ3n) is 4.22. The molecule has 21 heavy (non-hydrogen) atoms. The van der Waals surface area contributed by atoms with Gasteiger partial charge in [0.15, 0.2) is 9.84 Å². The molecule has 2 aliphatic rings. The van der Waals surface area contributed by atoms with Crippen LogP contribution in [0, 0.1) is 0 Å². The van der Waals surface area contributed by atoms with Crippen LogP contribution >= 0.6 is 11.6 Å². The first kappa shape index (κ1) is 14.8. The Labute approximate surface area is 129 Å². The van der Waals surface area contributed by atoms with E-state index in [1.165, 1.54) is 6.07 Å². The first-order chi connectivity index (χ1) is 9.90. The van der Waals surface area contributed by atoms with E-state index in [-0.39, 0.29) is 22.6 Å². The van der Waals surface area contributed by atoms with Crippen molar-refractivity contribution in [2.24, 2.45) is 0 Å². The number of likely N-dealkylation sites (N-methyl/N-ethyl adjacent to an activating group) is 1. The summed E-state index contributed by atoms with van der Waals surface area (Å²) >= 11 is 5.98. The number of nitrogens with one attached hydrogen (secondary N) is 1. The number of amides is 1. The van der Waals surface area contributed by atoms with Crippen LogP contribution in [0.25, 0.3) is 0 Å². The third-order valence-corrected chi connectivity index (χ3v) is 6.25. The molecule has 0 saturated carbocycles. The summed E-state index contributed by atoms with van der Waals surface area (Å²) < 4.78 is 24.5. The van der Waals surface area contributed by atoms with E-state index >= 15 is 0 Å². The molecule has 1 aromatic rings. The molecule has 2 atom stereocenters. The minimum absolute atomic E-state index is 0.0551. The summed E-state index contributed by atoms with van der Waals surface area (Å²) in [5, 5.41) is 3.63. The number of carbonyl (C=O) groups excluding carboxylic acids is 1. The van der Waals surface area contributed by atoms with Crippen LogP contribution in [0.2, 0.25) is 5.02 Å². The van der Waals surface area contributed by atoms with E-state index in [1.54, 1.807) is 24.1 Å². The van der Waals surface area contributed by atoms with Gasteiger partial charge in [-0.2, -0.15) is 0 Å². The topological polar surface area (TPSA) is 66.5 Å². The molecule has 5 nitrogen and oxygen atoms in total. The summed E-state index contributed by atoms with van der Waals surface area (Å²) in [6, 6.07) is 4.08. The van der Waals surface area contributed by atoms with E-state index in [1.807, 2.05) is 0 Å². The van der Waals surface area contributed by atoms with Gasteiger partial charge in [-0.25, -0.2) is 8.42 Å². The van der Waals surface area contributed by atoms with E-state index in [2.05, 4.69) is 5.32 Å². The van der Waals surface area contributed by atoms with Crippen LogP contribution in [-0.2, 0) is 14.6 Å². The van der Waals surface area contributed by atoms with Gasteiger partial charge in [-0.3, -0.25) is 4.79 Å². The molecule has 1 N–H and O–H groups in total. The molecule has 2 heterocycles. The Hall–Kier alpha value is -1.11. The Balaban J connectivity index is 1.93. The number of benzene rings is 1. The van der Waals surface area contributed by atoms with Crippen molar-refractivity contribution in [3.05, 3.63) is 28.8 Å². The Morgan fingerprint density at radius 2 is 2.19 bits per heavy atom. The molecule has 1 fully saturated rings. The Kier molecular flexibility index (Phi) is 3.71. The van der Waals surface area contributed by atoms with Crippen molar-refractivity contribution < 1.29 is 13.2 Å². The second kappa shape index (κ2) is 5.26. The van der Waals surface area contributed by atoms with Crippen molar-refractivity contribution in [3.8, 4) is 0 Å². The van der Waals surface area contributed by atoms with E-state index in [0.29, 0.717) is 10.6 Å². The fourth-order valence-electron chi connectivity index (χ4n) is 3.07. The zero-order valence-corrected chi connectivity index (χ0v) is 13.2. The molecule has 1 amide bonds. The van der Waals surface area contributed by atoms with E-state index in [0.717, 1.165) is 19.4 Å². The average Bonchev–Trinajstić information content (AvgIpc) is 3.04. The maximum atomic E-state index is 12.5. The van der Waals surface area contributed by atoms with Crippen molar-refractivity contribution in [1.29, 1.82) is 0 Å². The van der Waals surface area contributed by atoms with Crippen LogP contribution in [0.5, 0.6) is 0 Å². The zero-order chi connectivity index (χ0) is 15.2. The summed E-state index contributed by atoms with van der Waals surface area (Å²) in [6.45, 7) is 0.829. The fraction of sp³-hybridized carbons (Fsp3) is 0.500. The Bertz CT molecular complexity index is 683. The number of halogens is 1. The lowest BCUT2D eigenvalue weighted by atomic mass is 10.1. The van der Waals surface area contributed by atoms with Gasteiger partial charge in [0.05, 0.1) is 22.7 Å². The van der Waals surface area contributed by atoms with Gasteiger partial charge in [0.2, 0.25) is 5.91 Å². The van der Waals surface area contributed by atoms with Crippen LogP contribution in [0.4, 0.5) is 0 Å². The number of sulfone groups is 1. The molecule has 114 valence electrons. The lowest BCUT2D eigenvalue weighted by Crippen LogP contribution is -2.43. The second-order valence-electron chi connectivity index (χ2n) is 5.58. The smallest absolute Gasteiger partial charge is 0.239 e. The van der Waals surface area contributed by atoms with Crippen molar-refractivity contribution in [2.45, 2.75) is 29.8 Å². The van der Waals surface area contributed by atoms with E-state index in [9.17, 15) is 13.2 Å². The van der Waals surface area contributed by atoms with Crippen molar-refractivity contribution >= 4 is 27.3 Å². The SMILES string of the molecule is CN(C(=O)C1CCCN1)C1CS(=O)(=O)c2ccc(Cl)cc21. The fourth-order valence-corrected chi connectivity index (χ4v) is 5.07. The highest BCUT2D eigenvalue weighted by Crippen LogP contribution is 2.38. The standard InChI is InChI=1S/C14H17ClN2O3S/c1-17(14(18)11-3-2-6-16-11)12-8-21(19,20)13-5-4-9(15)7-10(12)13/h4-5,7,11-12,16H,2-3,6,8H2,1H3. The largest absolute Gasteiger partial charge is 0.336 e. The van der Waals surface area contributed by atoms with Gasteiger partial charge < -0.3 is 10.2 Å². The first-order valence-corrected chi connectivity index (χ1v) is 8.95. The maximum absolute atomic E-state index is 12.5. The highest BCUT2D eigenvalue weighted by atomic mass is 35.5. The van der Waals surface area contributed by atoms with Gasteiger partial charge in [0.1, 0.15) is 0 Å². The number of carbonyl (C=O) groups is 1. The lowest BCUT2D eigenvalue weighted by molar-refractivity contribution is -0.133. The maximum Gasteiger partial charge on any atom is 0.239 e. The molecule has 1 aromatic carbocycles. The Morgan fingerprint density at radius 3 is 2.86 bits per heavy atom. The minimum Gasteiger partial charge on any atom is -0.336 e. The summed E-state index contributed by atoms with van der Waals surface area (Å²) in [7, 11) is -1.68. The zero-order valence-electron chi connectivity index (χ0n) is 11.7. The summed E-state index contributed by atoms with van der Waals surface area (Å²) in [5.41, 5.74) is 0.622. The van der Waals surface area contributed by atoms with Gasteiger partial charge in [-0.05, 0) is 43.1 Å². The van der Waals surface area contributed by atoms with Gasteiger partial charge >= 0.3 is 0 Å². The Morgan fingerprint density at radius 1 is 1.43 bits per heavy atom. The van der Waals surface area contributed by atoms with Gasteiger partial charge in [0.25, 0.3) is 0 Å². The van der Waals surface area contributed by atoms with Crippen LogP contribution in [0.3, 0.4) is 0 Å². The predicted molar refractivity (Wildman–Crippen MR) is 80.0 cm³/mol. The predicted octanol–water partition coefficient (Wildman–Crippen LogP) is 1.38. The molecule has 0 aliphatic carbocycles. The van der Waals surface area contributed by atoms with Crippen LogP contribution < -0.4 is 5.32 Å². The average molecular weight is 329 g/mol. The van der Waals surface area contributed by atoms with Crippen LogP contribution in [0.15, 0.2) is 23.1 Å². The van der Waals surface area contributed by atoms with Crippen molar-refractivity contribution in [1.82, 2.24) is 10.2 Å². The van der Waals surface area contributed by atoms with E-state index < -0.39 is 15.9 Å². The molecule has 0 radical (unpaired) electrons. The molecule has 7 heteroatoms. The number of hydrogen-bond donors (Lipinski definition) is 1. The molecular weight excluding hydrogens is 312 g/mol. The molecular formula is C14H17ClN2O3S. The molecule has 3 rings (SSSR count). The second-order valence-corrected chi connectivity index (χ2v) is 8.02. The van der Waals surface area contributed by atoms with Gasteiger partial charge in [-0.1, -0.05) is 11.6 Å².